The van der Waals surface area contributed by atoms with E-state index in [0.717, 1.165) is 0 Å². The van der Waals surface area contributed by atoms with Crippen molar-refractivity contribution in [2.45, 2.75) is 24.3 Å². The molecule has 1 N–H and O–H groups in total. The van der Waals surface area contributed by atoms with Crippen LogP contribution in [0.1, 0.15) is 12.8 Å². The average molecular weight is 234 g/mol. The summed E-state index contributed by atoms with van der Waals surface area (Å²) in [6, 6.07) is 0. The molecule has 0 radical (unpaired) electrons. The van der Waals surface area contributed by atoms with Crippen molar-refractivity contribution in [3.8, 4) is 0 Å². The van der Waals surface area contributed by atoms with Gasteiger partial charge in [0.15, 0.2) is 6.10 Å². The van der Waals surface area contributed by atoms with Gasteiger partial charge < -0.3 is 14.8 Å². The molecule has 0 bridgehead atoms. The van der Waals surface area contributed by atoms with E-state index in [1.807, 2.05) is 0 Å². The molecule has 1 heterocycles. The highest BCUT2D eigenvalue weighted by molar-refractivity contribution is 6.21. The zero-order chi connectivity index (χ0) is 10.7. The predicted octanol–water partition coefficient (Wildman–Crippen LogP) is 0.535. The van der Waals surface area contributed by atoms with Gasteiger partial charge in [-0.3, -0.25) is 4.79 Å². The smallest absolute Gasteiger partial charge is 0.251 e. The summed E-state index contributed by atoms with van der Waals surface area (Å²) in [4.78, 5) is 11.6. The minimum atomic E-state index is -0.457. The molecule has 1 saturated carbocycles. The van der Waals surface area contributed by atoms with Crippen molar-refractivity contribution in [1.29, 1.82) is 0 Å². The molecule has 2 atom stereocenters. The van der Waals surface area contributed by atoms with Crippen molar-refractivity contribution in [2.24, 2.45) is 5.92 Å². The first-order valence-corrected chi connectivity index (χ1v) is 5.82. The van der Waals surface area contributed by atoms with Gasteiger partial charge in [-0.1, -0.05) is 0 Å². The van der Waals surface area contributed by atoms with Crippen molar-refractivity contribution in [3.63, 3.8) is 0 Å². The lowest BCUT2D eigenvalue weighted by Crippen LogP contribution is -2.44. The van der Waals surface area contributed by atoms with Gasteiger partial charge in [-0.15, -0.1) is 11.6 Å². The van der Waals surface area contributed by atoms with E-state index in [1.54, 1.807) is 0 Å². The number of ether oxygens (including phenoxy) is 2. The molecule has 1 amide bonds. The van der Waals surface area contributed by atoms with Crippen LogP contribution in [0.2, 0.25) is 0 Å². The largest absolute Gasteiger partial charge is 0.376 e. The van der Waals surface area contributed by atoms with E-state index in [9.17, 15) is 4.79 Å². The molecule has 2 unspecified atom stereocenters. The zero-order valence-electron chi connectivity index (χ0n) is 8.58. The van der Waals surface area contributed by atoms with Crippen molar-refractivity contribution < 1.29 is 14.3 Å². The van der Waals surface area contributed by atoms with E-state index in [2.05, 4.69) is 5.32 Å². The van der Waals surface area contributed by atoms with Crippen LogP contribution >= 0.6 is 11.6 Å². The number of alkyl halides is 1. The monoisotopic (exact) mass is 233 g/mol. The fourth-order valence-electron chi connectivity index (χ4n) is 1.58. The molecule has 4 nitrogen and oxygen atoms in total. The highest BCUT2D eigenvalue weighted by Gasteiger charge is 2.30. The van der Waals surface area contributed by atoms with E-state index in [1.165, 1.54) is 12.8 Å². The zero-order valence-corrected chi connectivity index (χ0v) is 9.33. The Morgan fingerprint density at radius 2 is 2.27 bits per heavy atom. The molecule has 2 aliphatic rings. The van der Waals surface area contributed by atoms with Gasteiger partial charge in [-0.05, 0) is 18.8 Å². The third-order valence-electron chi connectivity index (χ3n) is 2.71. The summed E-state index contributed by atoms with van der Waals surface area (Å²) in [7, 11) is 0. The molecule has 1 aliphatic carbocycles. The lowest BCUT2D eigenvalue weighted by molar-refractivity contribution is -0.147. The number of rotatable bonds is 4. The summed E-state index contributed by atoms with van der Waals surface area (Å²) in [6.45, 7) is 1.95. The lowest BCUT2D eigenvalue weighted by atomic mass is 10.2. The minimum absolute atomic E-state index is 0.0680. The maximum Gasteiger partial charge on any atom is 0.251 e. The summed E-state index contributed by atoms with van der Waals surface area (Å²) in [5.74, 6) is 0.483. The Balaban J connectivity index is 1.66. The summed E-state index contributed by atoms with van der Waals surface area (Å²) < 4.78 is 10.4. The maximum atomic E-state index is 11.6. The Morgan fingerprint density at radius 1 is 1.47 bits per heavy atom. The SMILES string of the molecule is O=C(NCC(Cl)C1CC1)C1COCCO1. The van der Waals surface area contributed by atoms with Gasteiger partial charge in [0.1, 0.15) is 0 Å². The van der Waals surface area contributed by atoms with Gasteiger partial charge in [-0.25, -0.2) is 0 Å². The Labute approximate surface area is 94.3 Å². The standard InChI is InChI=1S/C10H16ClNO3/c11-8(7-1-2-7)5-12-10(13)9-6-14-3-4-15-9/h7-9H,1-6H2,(H,12,13). The van der Waals surface area contributed by atoms with Gasteiger partial charge in [0.25, 0.3) is 5.91 Å². The molecular formula is C10H16ClNO3. The second-order valence-electron chi connectivity index (χ2n) is 4.03. The molecule has 15 heavy (non-hydrogen) atoms. The number of amides is 1. The molecule has 86 valence electrons. The van der Waals surface area contributed by atoms with Crippen molar-refractivity contribution in [2.75, 3.05) is 26.4 Å². The molecule has 0 spiro atoms. The quantitative estimate of drug-likeness (QED) is 0.721. The molecular weight excluding hydrogens is 218 g/mol. The van der Waals surface area contributed by atoms with Crippen molar-refractivity contribution in [3.05, 3.63) is 0 Å². The van der Waals surface area contributed by atoms with Gasteiger partial charge in [0.05, 0.1) is 25.2 Å². The van der Waals surface area contributed by atoms with Crippen molar-refractivity contribution in [1.82, 2.24) is 5.32 Å². The van der Waals surface area contributed by atoms with Crippen LogP contribution in [0.25, 0.3) is 0 Å². The Kier molecular flexibility index (Phi) is 3.83. The van der Waals surface area contributed by atoms with Crippen molar-refractivity contribution >= 4 is 17.5 Å². The Hall–Kier alpha value is -0.320. The number of carbonyl (C=O) groups excluding carboxylic acids is 1. The third kappa shape index (κ3) is 3.33. The number of hydrogen-bond donors (Lipinski definition) is 1. The number of hydrogen-bond acceptors (Lipinski definition) is 3. The maximum absolute atomic E-state index is 11.6. The molecule has 2 fully saturated rings. The van der Waals surface area contributed by atoms with E-state index in [0.29, 0.717) is 32.3 Å². The van der Waals surface area contributed by atoms with E-state index >= 15 is 0 Å². The lowest BCUT2D eigenvalue weighted by Gasteiger charge is -2.22. The van der Waals surface area contributed by atoms with Crippen LogP contribution in [0, 0.1) is 5.92 Å². The highest BCUT2D eigenvalue weighted by Crippen LogP contribution is 2.35. The van der Waals surface area contributed by atoms with E-state index < -0.39 is 6.10 Å². The summed E-state index contributed by atoms with van der Waals surface area (Å²) in [5.41, 5.74) is 0. The van der Waals surface area contributed by atoms with E-state index in [4.69, 9.17) is 21.1 Å². The van der Waals surface area contributed by atoms with Gasteiger partial charge in [0.2, 0.25) is 0 Å². The topological polar surface area (TPSA) is 47.6 Å². The third-order valence-corrected chi connectivity index (χ3v) is 3.22. The first-order valence-electron chi connectivity index (χ1n) is 5.38. The molecule has 0 aromatic carbocycles. The van der Waals surface area contributed by atoms with Crippen LogP contribution in [-0.4, -0.2) is 43.8 Å². The molecule has 0 aromatic heterocycles. The van der Waals surface area contributed by atoms with Crippen LogP contribution in [0.4, 0.5) is 0 Å². The van der Waals surface area contributed by atoms with Crippen LogP contribution in [0.3, 0.4) is 0 Å². The molecule has 2 rings (SSSR count). The van der Waals surface area contributed by atoms with Gasteiger partial charge in [0, 0.05) is 6.54 Å². The van der Waals surface area contributed by atoms with E-state index in [-0.39, 0.29) is 11.3 Å². The molecule has 1 saturated heterocycles. The normalized spacial score (nSPS) is 28.5. The Morgan fingerprint density at radius 3 is 2.87 bits per heavy atom. The second kappa shape index (κ2) is 5.14. The van der Waals surface area contributed by atoms with Crippen LogP contribution in [-0.2, 0) is 14.3 Å². The van der Waals surface area contributed by atoms with Gasteiger partial charge >= 0.3 is 0 Å². The molecule has 0 aromatic rings. The summed E-state index contributed by atoms with van der Waals surface area (Å²) in [5, 5.41) is 2.87. The van der Waals surface area contributed by atoms with Crippen LogP contribution in [0.5, 0.6) is 0 Å². The van der Waals surface area contributed by atoms with Crippen LogP contribution in [0.15, 0.2) is 0 Å². The fourth-order valence-corrected chi connectivity index (χ4v) is 1.90. The Bertz CT molecular complexity index is 227. The fraction of sp³-hybridized carbons (Fsp3) is 0.900. The molecule has 5 heteroatoms. The van der Waals surface area contributed by atoms with Crippen LogP contribution < -0.4 is 5.32 Å². The van der Waals surface area contributed by atoms with Gasteiger partial charge in [-0.2, -0.15) is 0 Å². The predicted molar refractivity (Wildman–Crippen MR) is 55.9 cm³/mol. The number of carbonyl (C=O) groups is 1. The number of halogens is 1. The average Bonchev–Trinajstić information content (AvgIpc) is 3.10. The summed E-state index contributed by atoms with van der Waals surface area (Å²) >= 11 is 6.07. The molecule has 1 aliphatic heterocycles. The second-order valence-corrected chi connectivity index (χ2v) is 4.59. The summed E-state index contributed by atoms with van der Waals surface area (Å²) in [6.07, 6.45) is 1.92. The first-order chi connectivity index (χ1) is 7.27. The minimum Gasteiger partial charge on any atom is -0.376 e. The first kappa shape index (κ1) is 11.2. The highest BCUT2D eigenvalue weighted by atomic mass is 35.5. The number of nitrogens with one attached hydrogen (secondary N) is 1.